The molecule has 1 aromatic rings. The van der Waals surface area contributed by atoms with Crippen molar-refractivity contribution in [2.45, 2.75) is 57.2 Å². The van der Waals surface area contributed by atoms with E-state index in [1.54, 1.807) is 0 Å². The molecule has 0 saturated carbocycles. The third kappa shape index (κ3) is 3.25. The van der Waals surface area contributed by atoms with E-state index in [9.17, 15) is 0 Å². The Morgan fingerprint density at radius 3 is 2.77 bits per heavy atom. The molecule has 0 bridgehead atoms. The van der Waals surface area contributed by atoms with Crippen molar-refractivity contribution in [2.24, 2.45) is 0 Å². The maximum atomic E-state index is 4.45. The summed E-state index contributed by atoms with van der Waals surface area (Å²) in [6, 6.07) is 0.640. The van der Waals surface area contributed by atoms with Gasteiger partial charge in [-0.05, 0) is 32.7 Å². The standard InChI is InChI=1S/C17H29N5/c1-17-8-10-22(15(17)7-5-4-6-9-20-17)13-14-11-18-16(19-12-14)21(2)3/h11-12,15,20H,4-10,13H2,1-3H3/t15-,17-/m0/s1. The van der Waals surface area contributed by atoms with Crippen LogP contribution in [0.3, 0.4) is 0 Å². The zero-order valence-corrected chi connectivity index (χ0v) is 14.2. The molecule has 3 heterocycles. The SMILES string of the molecule is CN(C)c1ncc(CN2CC[C@]3(C)NCCCCC[C@H]23)cn1. The van der Waals surface area contributed by atoms with Crippen LogP contribution in [0.25, 0.3) is 0 Å². The van der Waals surface area contributed by atoms with Gasteiger partial charge >= 0.3 is 0 Å². The van der Waals surface area contributed by atoms with Gasteiger partial charge in [0.1, 0.15) is 0 Å². The number of nitrogens with one attached hydrogen (secondary N) is 1. The van der Waals surface area contributed by atoms with Gasteiger partial charge in [0, 0.05) is 56.7 Å². The number of nitrogens with zero attached hydrogens (tertiary/aromatic N) is 4. The Kier molecular flexibility index (Phi) is 4.64. The lowest BCUT2D eigenvalue weighted by Gasteiger charge is -2.38. The summed E-state index contributed by atoms with van der Waals surface area (Å²) in [7, 11) is 3.95. The molecule has 2 saturated heterocycles. The van der Waals surface area contributed by atoms with Gasteiger partial charge in [-0.1, -0.05) is 12.8 Å². The van der Waals surface area contributed by atoms with Gasteiger partial charge in [0.25, 0.3) is 0 Å². The van der Waals surface area contributed by atoms with Crippen molar-refractivity contribution in [2.75, 3.05) is 32.1 Å². The van der Waals surface area contributed by atoms with Gasteiger partial charge in [0.15, 0.2) is 0 Å². The molecular formula is C17H29N5. The average molecular weight is 303 g/mol. The van der Waals surface area contributed by atoms with Crippen molar-refractivity contribution in [3.63, 3.8) is 0 Å². The second-order valence-corrected chi connectivity index (χ2v) is 7.22. The number of aromatic nitrogens is 2. The molecule has 2 atom stereocenters. The smallest absolute Gasteiger partial charge is 0.224 e. The summed E-state index contributed by atoms with van der Waals surface area (Å²) in [5.41, 5.74) is 1.50. The summed E-state index contributed by atoms with van der Waals surface area (Å²) in [6.45, 7) is 5.72. The molecule has 5 nitrogen and oxygen atoms in total. The molecule has 0 radical (unpaired) electrons. The minimum Gasteiger partial charge on any atom is -0.347 e. The van der Waals surface area contributed by atoms with E-state index in [2.05, 4.69) is 27.1 Å². The summed E-state index contributed by atoms with van der Waals surface area (Å²) in [5.74, 6) is 0.780. The van der Waals surface area contributed by atoms with Crippen LogP contribution in [0.15, 0.2) is 12.4 Å². The van der Waals surface area contributed by atoms with Crippen LogP contribution in [-0.2, 0) is 6.54 Å². The van der Waals surface area contributed by atoms with Crippen LogP contribution in [0.2, 0.25) is 0 Å². The Morgan fingerprint density at radius 2 is 2.05 bits per heavy atom. The number of hydrogen-bond donors (Lipinski definition) is 1. The van der Waals surface area contributed by atoms with Crippen molar-refractivity contribution in [3.8, 4) is 0 Å². The first-order valence-corrected chi connectivity index (χ1v) is 8.56. The summed E-state index contributed by atoms with van der Waals surface area (Å²) in [4.78, 5) is 13.5. The van der Waals surface area contributed by atoms with Crippen LogP contribution in [-0.4, -0.2) is 53.6 Å². The molecule has 1 aromatic heterocycles. The zero-order valence-electron chi connectivity index (χ0n) is 14.2. The second kappa shape index (κ2) is 6.50. The van der Waals surface area contributed by atoms with Crippen LogP contribution in [0.5, 0.6) is 0 Å². The molecule has 22 heavy (non-hydrogen) atoms. The average Bonchev–Trinajstić information content (AvgIpc) is 2.77. The van der Waals surface area contributed by atoms with Crippen molar-refractivity contribution >= 4 is 5.95 Å². The van der Waals surface area contributed by atoms with E-state index >= 15 is 0 Å². The minimum absolute atomic E-state index is 0.283. The molecule has 1 N–H and O–H groups in total. The van der Waals surface area contributed by atoms with Gasteiger partial charge < -0.3 is 10.2 Å². The number of likely N-dealkylation sites (tertiary alicyclic amines) is 1. The molecule has 0 aromatic carbocycles. The van der Waals surface area contributed by atoms with Gasteiger partial charge in [-0.15, -0.1) is 0 Å². The maximum Gasteiger partial charge on any atom is 0.224 e. The quantitative estimate of drug-likeness (QED) is 0.926. The van der Waals surface area contributed by atoms with E-state index in [1.165, 1.54) is 50.8 Å². The molecule has 0 aliphatic carbocycles. The largest absolute Gasteiger partial charge is 0.347 e. The Hall–Kier alpha value is -1.20. The van der Waals surface area contributed by atoms with Crippen molar-refractivity contribution in [1.29, 1.82) is 0 Å². The predicted molar refractivity (Wildman–Crippen MR) is 90.0 cm³/mol. The highest BCUT2D eigenvalue weighted by Crippen LogP contribution is 2.34. The summed E-state index contributed by atoms with van der Waals surface area (Å²) < 4.78 is 0. The third-order valence-corrected chi connectivity index (χ3v) is 5.26. The fraction of sp³-hybridized carbons (Fsp3) is 0.765. The molecule has 0 spiro atoms. The predicted octanol–water partition coefficient (Wildman–Crippen LogP) is 2.04. The second-order valence-electron chi connectivity index (χ2n) is 7.22. The van der Waals surface area contributed by atoms with Crippen LogP contribution in [0.1, 0.15) is 44.6 Å². The molecule has 0 amide bonds. The Bertz CT molecular complexity index is 486. The molecule has 122 valence electrons. The van der Waals surface area contributed by atoms with Crippen LogP contribution in [0, 0.1) is 0 Å². The number of hydrogen-bond acceptors (Lipinski definition) is 5. The van der Waals surface area contributed by atoms with E-state index in [0.29, 0.717) is 6.04 Å². The summed E-state index contributed by atoms with van der Waals surface area (Å²) in [6.07, 6.45) is 10.5. The van der Waals surface area contributed by atoms with Crippen LogP contribution < -0.4 is 10.2 Å². The Morgan fingerprint density at radius 1 is 1.27 bits per heavy atom. The van der Waals surface area contributed by atoms with E-state index in [-0.39, 0.29) is 5.54 Å². The highest BCUT2D eigenvalue weighted by atomic mass is 15.3. The van der Waals surface area contributed by atoms with Crippen LogP contribution in [0.4, 0.5) is 5.95 Å². The van der Waals surface area contributed by atoms with E-state index < -0.39 is 0 Å². The first-order chi connectivity index (χ1) is 10.6. The molecule has 5 heteroatoms. The number of anilines is 1. The van der Waals surface area contributed by atoms with Gasteiger partial charge in [-0.2, -0.15) is 0 Å². The van der Waals surface area contributed by atoms with Crippen molar-refractivity contribution in [1.82, 2.24) is 20.2 Å². The lowest BCUT2D eigenvalue weighted by atomic mass is 9.87. The monoisotopic (exact) mass is 303 g/mol. The molecule has 2 aliphatic rings. The van der Waals surface area contributed by atoms with Gasteiger partial charge in [0.2, 0.25) is 5.95 Å². The molecular weight excluding hydrogens is 274 g/mol. The third-order valence-electron chi connectivity index (χ3n) is 5.26. The first kappa shape index (κ1) is 15.7. The fourth-order valence-corrected chi connectivity index (χ4v) is 3.91. The van der Waals surface area contributed by atoms with E-state index in [4.69, 9.17) is 0 Å². The molecule has 2 fully saturated rings. The molecule has 3 rings (SSSR count). The van der Waals surface area contributed by atoms with Gasteiger partial charge in [-0.3, -0.25) is 4.90 Å². The van der Waals surface area contributed by atoms with Gasteiger partial charge in [0.05, 0.1) is 0 Å². The Balaban J connectivity index is 1.69. The fourth-order valence-electron chi connectivity index (χ4n) is 3.91. The number of rotatable bonds is 3. The lowest BCUT2D eigenvalue weighted by molar-refractivity contribution is 0.162. The van der Waals surface area contributed by atoms with Crippen molar-refractivity contribution in [3.05, 3.63) is 18.0 Å². The maximum absolute atomic E-state index is 4.45. The highest BCUT2D eigenvalue weighted by molar-refractivity contribution is 5.26. The zero-order chi connectivity index (χ0) is 15.6. The highest BCUT2D eigenvalue weighted by Gasteiger charge is 2.43. The minimum atomic E-state index is 0.283. The Labute approximate surface area is 134 Å². The van der Waals surface area contributed by atoms with E-state index in [0.717, 1.165) is 12.5 Å². The molecule has 2 aliphatic heterocycles. The lowest BCUT2D eigenvalue weighted by Crippen LogP contribution is -2.53. The van der Waals surface area contributed by atoms with Crippen molar-refractivity contribution < 1.29 is 0 Å². The van der Waals surface area contributed by atoms with Crippen LogP contribution >= 0.6 is 0 Å². The summed E-state index contributed by atoms with van der Waals surface area (Å²) >= 11 is 0. The summed E-state index contributed by atoms with van der Waals surface area (Å²) in [5, 5.41) is 3.82. The van der Waals surface area contributed by atoms with Gasteiger partial charge in [-0.25, -0.2) is 9.97 Å². The first-order valence-electron chi connectivity index (χ1n) is 8.56. The topological polar surface area (TPSA) is 44.3 Å². The number of fused-ring (bicyclic) bond motifs is 1. The van der Waals surface area contributed by atoms with E-state index in [1.807, 2.05) is 31.4 Å². The molecule has 0 unspecified atom stereocenters. The normalized spacial score (nSPS) is 29.7.